The van der Waals surface area contributed by atoms with Crippen LogP contribution in [0.5, 0.6) is 0 Å². The van der Waals surface area contributed by atoms with Gasteiger partial charge >= 0.3 is 12.1 Å². The first-order valence-corrected chi connectivity index (χ1v) is 23.8. The van der Waals surface area contributed by atoms with Crippen molar-refractivity contribution in [2.75, 3.05) is 0 Å². The van der Waals surface area contributed by atoms with E-state index in [4.69, 9.17) is 28.4 Å². The molecule has 4 N–H and O–H groups in total. The summed E-state index contributed by atoms with van der Waals surface area (Å²) in [5.41, 5.74) is -1.17. The van der Waals surface area contributed by atoms with Gasteiger partial charge in [-0.1, -0.05) is 67.5 Å². The fourth-order valence-corrected chi connectivity index (χ4v) is 11.5. The zero-order valence-electron chi connectivity index (χ0n) is 39.3. The molecule has 0 aliphatic carbocycles. The monoisotopic (exact) mass is 885 g/mol. The minimum absolute atomic E-state index is 0.0249. The number of ether oxygens (including phenoxy) is 6. The maximum atomic E-state index is 14.7. The SMILES string of the molecule is CCC(C(=O)[C@@H](C)[C@@H](O)[C@H](C)[C@@H]1O[C@@H]([C@@H](CC)C(=O)O)CC[C@@H]1C)[C@H]1O[C@]2(C=C[C@@H](NC(=O)OCc3ccccn3)[C@]3(CC[C@@](C)([C@H]4CC[C@](O)(CC)[C@H](C)O4)O3)O2)[C@H](C)C[C@@H]1C. The summed E-state index contributed by atoms with van der Waals surface area (Å²) < 4.78 is 40.1. The number of alkyl carbamates (subject to hydrolysis) is 1. The smallest absolute Gasteiger partial charge is 0.408 e. The zero-order valence-corrected chi connectivity index (χ0v) is 39.3. The van der Waals surface area contributed by atoms with Crippen LogP contribution in [0.25, 0.3) is 0 Å². The molecule has 1 aromatic rings. The number of carbonyl (C=O) groups is 3. The third kappa shape index (κ3) is 10.1. The lowest BCUT2D eigenvalue weighted by molar-refractivity contribution is -0.398. The molecule has 2 spiro atoms. The number of carboxylic acid groups (broad SMARTS) is 1. The van der Waals surface area contributed by atoms with E-state index in [1.807, 2.05) is 59.8 Å². The molecule has 6 rings (SSSR count). The van der Waals surface area contributed by atoms with Gasteiger partial charge in [0.1, 0.15) is 18.4 Å². The quantitative estimate of drug-likeness (QED) is 0.127. The lowest BCUT2D eigenvalue weighted by Gasteiger charge is -2.55. The minimum atomic E-state index is -1.41. The van der Waals surface area contributed by atoms with Gasteiger partial charge in [0, 0.05) is 36.3 Å². The molecule has 1 aromatic heterocycles. The van der Waals surface area contributed by atoms with Gasteiger partial charge in [-0.2, -0.15) is 0 Å². The normalized spacial score (nSPS) is 40.5. The van der Waals surface area contributed by atoms with Gasteiger partial charge in [-0.05, 0) is 102 Å². The van der Waals surface area contributed by atoms with E-state index >= 15 is 0 Å². The molecule has 354 valence electrons. The van der Waals surface area contributed by atoms with E-state index in [9.17, 15) is 29.7 Å². The molecule has 0 aromatic carbocycles. The summed E-state index contributed by atoms with van der Waals surface area (Å²) in [6.45, 7) is 19.5. The van der Waals surface area contributed by atoms with Crippen molar-refractivity contribution in [3.8, 4) is 0 Å². The van der Waals surface area contributed by atoms with Gasteiger partial charge in [0.15, 0.2) is 11.6 Å². The van der Waals surface area contributed by atoms with E-state index in [2.05, 4.69) is 31.1 Å². The Bertz CT molecular complexity index is 1770. The number of nitrogens with zero attached hydrogens (tertiary/aromatic N) is 1. The maximum absolute atomic E-state index is 14.7. The van der Waals surface area contributed by atoms with E-state index in [-0.39, 0.29) is 36.2 Å². The summed E-state index contributed by atoms with van der Waals surface area (Å²) in [6.07, 6.45) is 7.09. The van der Waals surface area contributed by atoms with Crippen molar-refractivity contribution in [3.05, 3.63) is 42.2 Å². The van der Waals surface area contributed by atoms with Crippen molar-refractivity contribution in [1.29, 1.82) is 0 Å². The van der Waals surface area contributed by atoms with Crippen molar-refractivity contribution in [2.24, 2.45) is 41.4 Å². The van der Waals surface area contributed by atoms with Gasteiger partial charge in [-0.3, -0.25) is 14.6 Å². The van der Waals surface area contributed by atoms with Gasteiger partial charge in [0.05, 0.1) is 59.4 Å². The Balaban J connectivity index is 1.23. The third-order valence-corrected chi connectivity index (χ3v) is 15.8. The number of aromatic nitrogens is 1. The molecule has 4 fully saturated rings. The van der Waals surface area contributed by atoms with Crippen LogP contribution in [-0.2, 0) is 44.6 Å². The molecule has 0 bridgehead atoms. The van der Waals surface area contributed by atoms with E-state index in [1.54, 1.807) is 25.3 Å². The minimum Gasteiger partial charge on any atom is -0.481 e. The summed E-state index contributed by atoms with van der Waals surface area (Å²) in [5.74, 6) is -6.25. The summed E-state index contributed by atoms with van der Waals surface area (Å²) in [4.78, 5) is 44.4. The summed E-state index contributed by atoms with van der Waals surface area (Å²) in [6, 6.07) is 4.61. The number of nitrogens with one attached hydrogen (secondary N) is 1. The number of rotatable bonds is 15. The maximum Gasteiger partial charge on any atom is 0.408 e. The Morgan fingerprint density at radius 2 is 1.67 bits per heavy atom. The highest BCUT2D eigenvalue weighted by atomic mass is 16.8. The van der Waals surface area contributed by atoms with Gasteiger partial charge in [-0.15, -0.1) is 0 Å². The van der Waals surface area contributed by atoms with Crippen molar-refractivity contribution in [3.63, 3.8) is 0 Å². The molecule has 4 saturated heterocycles. The average Bonchev–Trinajstić information content (AvgIpc) is 3.60. The molecular formula is C49H76N2O12. The highest BCUT2D eigenvalue weighted by Crippen LogP contribution is 2.54. The lowest BCUT2D eigenvalue weighted by Crippen LogP contribution is -2.65. The molecule has 63 heavy (non-hydrogen) atoms. The van der Waals surface area contributed by atoms with Gasteiger partial charge in [0.25, 0.3) is 0 Å². The molecule has 14 heteroatoms. The van der Waals surface area contributed by atoms with E-state index < -0.39 is 95.1 Å². The Labute approximate surface area is 374 Å². The van der Waals surface area contributed by atoms with Crippen LogP contribution in [0.1, 0.15) is 139 Å². The van der Waals surface area contributed by atoms with Crippen molar-refractivity contribution in [2.45, 2.75) is 205 Å². The fraction of sp³-hybridized carbons (Fsp3) is 0.796. The Morgan fingerprint density at radius 1 is 0.937 bits per heavy atom. The number of carboxylic acids is 1. The van der Waals surface area contributed by atoms with Crippen LogP contribution in [0, 0.1) is 41.4 Å². The molecule has 6 heterocycles. The number of Topliss-reactive ketones (excluding diaryl/α,β-unsaturated/α-hetero) is 1. The van der Waals surface area contributed by atoms with Crippen LogP contribution in [0.4, 0.5) is 4.79 Å². The summed E-state index contributed by atoms with van der Waals surface area (Å²) in [5, 5.41) is 36.0. The van der Waals surface area contributed by atoms with Gasteiger partial charge in [-0.25, -0.2) is 4.79 Å². The van der Waals surface area contributed by atoms with E-state index in [0.717, 1.165) is 6.42 Å². The van der Waals surface area contributed by atoms with Crippen LogP contribution in [-0.4, -0.2) is 104 Å². The van der Waals surface area contributed by atoms with Gasteiger partial charge < -0.3 is 49.1 Å². The zero-order chi connectivity index (χ0) is 46.1. The second-order valence-electron chi connectivity index (χ2n) is 20.0. The van der Waals surface area contributed by atoms with Crippen LogP contribution < -0.4 is 5.32 Å². The number of aliphatic hydroxyl groups excluding tert-OH is 1. The Hall–Kier alpha value is -2.98. The standard InChI is InChI=1S/C49H76N2O12/c1-11-35(44(54)55)37-18-17-28(4)42(60-37)32(8)40(52)31(7)41(53)36(12-2)43-29(5)26-30(6)48(61-43)22-19-38(51-45(56)58-27-34-16-14-15-25-50-34)49(63-48)24-23-46(10,62-49)39-20-21-47(57,13-3)33(9)59-39/h14-16,19,22,25,28-33,35-40,42-43,52,57H,11-13,17-18,20-21,23-24,26-27H2,1-10H3,(H,51,56)(H,54,55)/t28-,29-,30+,31-,32-,33-,35+,36?,37+,38+,39+,40+,42+,43-,46-,47+,48-,49-/m0/s1. The topological polar surface area (TPSA) is 192 Å². The van der Waals surface area contributed by atoms with Crippen molar-refractivity contribution < 1.29 is 58.1 Å². The molecule has 1 amide bonds. The van der Waals surface area contributed by atoms with Gasteiger partial charge in [0.2, 0.25) is 0 Å². The van der Waals surface area contributed by atoms with Crippen LogP contribution in [0.2, 0.25) is 0 Å². The number of aliphatic hydroxyl groups is 2. The summed E-state index contributed by atoms with van der Waals surface area (Å²) >= 11 is 0. The van der Waals surface area contributed by atoms with E-state index in [0.29, 0.717) is 63.5 Å². The molecule has 0 radical (unpaired) electrons. The molecule has 5 aliphatic heterocycles. The molecule has 18 atom stereocenters. The highest BCUT2D eigenvalue weighted by Gasteiger charge is 2.63. The average molecular weight is 885 g/mol. The first kappa shape index (κ1) is 49.5. The predicted molar refractivity (Wildman–Crippen MR) is 234 cm³/mol. The molecule has 1 unspecified atom stereocenters. The van der Waals surface area contributed by atoms with Crippen LogP contribution >= 0.6 is 0 Å². The van der Waals surface area contributed by atoms with Crippen LogP contribution in [0.3, 0.4) is 0 Å². The number of amides is 1. The Kier molecular flexibility index (Phi) is 15.6. The second-order valence-corrected chi connectivity index (χ2v) is 20.0. The van der Waals surface area contributed by atoms with Crippen LogP contribution in [0.15, 0.2) is 36.5 Å². The third-order valence-electron chi connectivity index (χ3n) is 15.8. The number of aliphatic carboxylic acids is 1. The number of hydrogen-bond acceptors (Lipinski definition) is 12. The first-order valence-electron chi connectivity index (χ1n) is 23.8. The fourth-order valence-electron chi connectivity index (χ4n) is 11.5. The molecular weight excluding hydrogens is 809 g/mol. The summed E-state index contributed by atoms with van der Waals surface area (Å²) in [7, 11) is 0. The van der Waals surface area contributed by atoms with E-state index in [1.165, 1.54) is 0 Å². The molecule has 14 nitrogen and oxygen atoms in total. The number of pyridine rings is 1. The van der Waals surface area contributed by atoms with Crippen molar-refractivity contribution in [1.82, 2.24) is 10.3 Å². The largest absolute Gasteiger partial charge is 0.481 e. The number of hydrogen-bond donors (Lipinski definition) is 4. The number of ketones is 1. The molecule has 0 saturated carbocycles. The lowest BCUT2D eigenvalue weighted by atomic mass is 9.72. The number of carbonyl (C=O) groups excluding carboxylic acids is 2. The Morgan fingerprint density at radius 3 is 2.30 bits per heavy atom. The second kappa shape index (κ2) is 19.9. The predicted octanol–water partition coefficient (Wildman–Crippen LogP) is 7.52. The highest BCUT2D eigenvalue weighted by molar-refractivity contribution is 5.84. The van der Waals surface area contributed by atoms with Crippen molar-refractivity contribution >= 4 is 17.8 Å². The molecule has 5 aliphatic rings. The first-order chi connectivity index (χ1) is 29.8.